The molecule has 0 aliphatic carbocycles. The van der Waals surface area contributed by atoms with E-state index in [4.69, 9.17) is 0 Å². The van der Waals surface area contributed by atoms with Gasteiger partial charge in [0.05, 0.1) is 6.26 Å². The molecular weight excluding hydrogens is 248 g/mol. The molecule has 18 heavy (non-hydrogen) atoms. The zero-order valence-corrected chi connectivity index (χ0v) is 11.9. The predicted octanol–water partition coefficient (Wildman–Crippen LogP) is 1.37. The van der Waals surface area contributed by atoms with E-state index in [1.54, 1.807) is 4.31 Å². The van der Waals surface area contributed by atoms with Gasteiger partial charge in [-0.25, -0.2) is 8.42 Å². The van der Waals surface area contributed by atoms with Crippen molar-refractivity contribution in [2.75, 3.05) is 19.3 Å². The molecule has 100 valence electrons. The average Bonchev–Trinajstić information content (AvgIpc) is 2.28. The van der Waals surface area contributed by atoms with Crippen molar-refractivity contribution in [1.29, 1.82) is 0 Å². The largest absolute Gasteiger partial charge is 0.307 e. The van der Waals surface area contributed by atoms with Gasteiger partial charge in [-0.1, -0.05) is 30.3 Å². The number of hydrogen-bond donors (Lipinski definition) is 1. The Balaban J connectivity index is 2.26. The van der Waals surface area contributed by atoms with E-state index in [9.17, 15) is 8.42 Å². The fourth-order valence-electron chi connectivity index (χ4n) is 2.43. The van der Waals surface area contributed by atoms with Crippen LogP contribution in [0, 0.1) is 0 Å². The summed E-state index contributed by atoms with van der Waals surface area (Å²) in [6.45, 7) is 5.03. The van der Waals surface area contributed by atoms with Gasteiger partial charge in [-0.3, -0.25) is 0 Å². The van der Waals surface area contributed by atoms with E-state index in [2.05, 4.69) is 5.32 Å². The summed E-state index contributed by atoms with van der Waals surface area (Å²) in [5, 5.41) is 3.42. The van der Waals surface area contributed by atoms with Crippen molar-refractivity contribution in [2.45, 2.75) is 25.4 Å². The molecule has 0 radical (unpaired) electrons. The fraction of sp³-hybridized carbons (Fsp3) is 0.538. The first-order valence-corrected chi connectivity index (χ1v) is 7.92. The van der Waals surface area contributed by atoms with Gasteiger partial charge in [0.25, 0.3) is 0 Å². The Hall–Kier alpha value is -0.910. The van der Waals surface area contributed by atoms with Gasteiger partial charge in [0, 0.05) is 24.7 Å². The molecule has 0 saturated carbocycles. The van der Waals surface area contributed by atoms with Crippen LogP contribution in [0.1, 0.15) is 25.5 Å². The SMILES string of the molecule is CC1(C)CNC(c2ccccc2)CN1S(C)(=O)=O. The fourth-order valence-corrected chi connectivity index (χ4v) is 3.81. The maximum absolute atomic E-state index is 11.9. The van der Waals surface area contributed by atoms with Crippen LogP contribution in [0.4, 0.5) is 0 Å². The molecule has 0 spiro atoms. The summed E-state index contributed by atoms with van der Waals surface area (Å²) in [4.78, 5) is 0. The Morgan fingerprint density at radius 3 is 2.44 bits per heavy atom. The zero-order valence-electron chi connectivity index (χ0n) is 11.1. The highest BCUT2D eigenvalue weighted by molar-refractivity contribution is 7.88. The van der Waals surface area contributed by atoms with E-state index in [0.29, 0.717) is 13.1 Å². The third-order valence-electron chi connectivity index (χ3n) is 3.41. The molecule has 1 fully saturated rings. The number of hydrogen-bond acceptors (Lipinski definition) is 3. The Labute approximate surface area is 109 Å². The Morgan fingerprint density at radius 1 is 1.28 bits per heavy atom. The first-order chi connectivity index (χ1) is 8.31. The Morgan fingerprint density at radius 2 is 1.89 bits per heavy atom. The normalized spacial score (nSPS) is 24.9. The molecule has 1 N–H and O–H groups in total. The Bertz CT molecular complexity index is 511. The van der Waals surface area contributed by atoms with Crippen molar-refractivity contribution in [3.8, 4) is 0 Å². The first-order valence-electron chi connectivity index (χ1n) is 6.07. The first kappa shape index (κ1) is 13.5. The molecule has 0 aromatic heterocycles. The quantitative estimate of drug-likeness (QED) is 0.881. The number of benzene rings is 1. The van der Waals surface area contributed by atoms with Crippen molar-refractivity contribution >= 4 is 10.0 Å². The lowest BCUT2D eigenvalue weighted by Gasteiger charge is -2.44. The van der Waals surface area contributed by atoms with E-state index >= 15 is 0 Å². The van der Waals surface area contributed by atoms with Gasteiger partial charge < -0.3 is 5.32 Å². The number of sulfonamides is 1. The summed E-state index contributed by atoms with van der Waals surface area (Å²) < 4.78 is 25.3. The lowest BCUT2D eigenvalue weighted by atomic mass is 9.97. The second-order valence-corrected chi connectivity index (χ2v) is 7.36. The summed E-state index contributed by atoms with van der Waals surface area (Å²) in [6.07, 6.45) is 1.28. The van der Waals surface area contributed by atoms with Crippen LogP contribution >= 0.6 is 0 Å². The summed E-state index contributed by atoms with van der Waals surface area (Å²) in [5.41, 5.74) is 0.750. The molecule has 1 saturated heterocycles. The highest BCUT2D eigenvalue weighted by Gasteiger charge is 2.39. The van der Waals surface area contributed by atoms with Gasteiger partial charge in [-0.05, 0) is 19.4 Å². The van der Waals surface area contributed by atoms with E-state index in [0.717, 1.165) is 5.56 Å². The highest BCUT2D eigenvalue weighted by Crippen LogP contribution is 2.27. The standard InChI is InChI=1S/C13H20N2O2S/c1-13(2)10-14-12(9-15(13)18(3,16)17)11-7-5-4-6-8-11/h4-8,12,14H,9-10H2,1-3H3. The molecule has 1 atom stereocenters. The lowest BCUT2D eigenvalue weighted by Crippen LogP contribution is -2.60. The van der Waals surface area contributed by atoms with E-state index in [-0.39, 0.29) is 11.6 Å². The zero-order chi connectivity index (χ0) is 13.4. The van der Waals surface area contributed by atoms with Gasteiger partial charge in [0.2, 0.25) is 10.0 Å². The second-order valence-electron chi connectivity index (χ2n) is 5.45. The summed E-state index contributed by atoms with van der Waals surface area (Å²) in [7, 11) is -3.18. The monoisotopic (exact) mass is 268 g/mol. The van der Waals surface area contributed by atoms with Crippen molar-refractivity contribution in [3.63, 3.8) is 0 Å². The van der Waals surface area contributed by atoms with E-state index in [1.807, 2.05) is 44.2 Å². The topological polar surface area (TPSA) is 49.4 Å². The van der Waals surface area contributed by atoms with Crippen LogP contribution in [0.2, 0.25) is 0 Å². The smallest absolute Gasteiger partial charge is 0.211 e. The maximum atomic E-state index is 11.9. The molecule has 0 bridgehead atoms. The highest BCUT2D eigenvalue weighted by atomic mass is 32.2. The molecule has 1 aliphatic rings. The van der Waals surface area contributed by atoms with Crippen LogP contribution in [0.15, 0.2) is 30.3 Å². The van der Waals surface area contributed by atoms with Gasteiger partial charge in [-0.15, -0.1) is 0 Å². The van der Waals surface area contributed by atoms with Crippen molar-refractivity contribution in [2.24, 2.45) is 0 Å². The second kappa shape index (κ2) is 4.64. The van der Waals surface area contributed by atoms with Crippen LogP contribution < -0.4 is 5.32 Å². The number of nitrogens with zero attached hydrogens (tertiary/aromatic N) is 1. The van der Waals surface area contributed by atoms with Crippen LogP contribution in [-0.2, 0) is 10.0 Å². The third kappa shape index (κ3) is 2.74. The van der Waals surface area contributed by atoms with Crippen LogP contribution in [-0.4, -0.2) is 37.6 Å². The molecule has 5 heteroatoms. The van der Waals surface area contributed by atoms with Gasteiger partial charge in [-0.2, -0.15) is 4.31 Å². The van der Waals surface area contributed by atoms with Gasteiger partial charge in [0.1, 0.15) is 0 Å². The van der Waals surface area contributed by atoms with Gasteiger partial charge in [0.15, 0.2) is 0 Å². The summed E-state index contributed by atoms with van der Waals surface area (Å²) in [6, 6.07) is 10.0. The van der Waals surface area contributed by atoms with Crippen molar-refractivity contribution < 1.29 is 8.42 Å². The molecule has 2 rings (SSSR count). The third-order valence-corrected chi connectivity index (χ3v) is 4.85. The predicted molar refractivity (Wildman–Crippen MR) is 72.8 cm³/mol. The summed E-state index contributed by atoms with van der Waals surface area (Å²) >= 11 is 0. The molecule has 1 aromatic rings. The van der Waals surface area contributed by atoms with Crippen molar-refractivity contribution in [3.05, 3.63) is 35.9 Å². The van der Waals surface area contributed by atoms with Crippen LogP contribution in [0.3, 0.4) is 0 Å². The molecule has 1 unspecified atom stereocenters. The summed E-state index contributed by atoms with van der Waals surface area (Å²) in [5.74, 6) is 0. The lowest BCUT2D eigenvalue weighted by molar-refractivity contribution is 0.154. The number of nitrogens with one attached hydrogen (secondary N) is 1. The minimum absolute atomic E-state index is 0.0638. The van der Waals surface area contributed by atoms with Crippen LogP contribution in [0.25, 0.3) is 0 Å². The van der Waals surface area contributed by atoms with Crippen LogP contribution in [0.5, 0.6) is 0 Å². The molecule has 1 heterocycles. The maximum Gasteiger partial charge on any atom is 0.211 e. The van der Waals surface area contributed by atoms with E-state index in [1.165, 1.54) is 6.26 Å². The number of piperazine rings is 1. The average molecular weight is 268 g/mol. The minimum atomic E-state index is -3.18. The molecular formula is C13H20N2O2S. The van der Waals surface area contributed by atoms with E-state index < -0.39 is 10.0 Å². The number of rotatable bonds is 2. The molecule has 4 nitrogen and oxygen atoms in total. The Kier molecular flexibility index (Phi) is 3.49. The molecule has 1 aromatic carbocycles. The minimum Gasteiger partial charge on any atom is -0.307 e. The van der Waals surface area contributed by atoms with Crippen molar-refractivity contribution in [1.82, 2.24) is 9.62 Å². The molecule has 0 amide bonds. The van der Waals surface area contributed by atoms with Gasteiger partial charge >= 0.3 is 0 Å². The molecule has 1 aliphatic heterocycles.